The summed E-state index contributed by atoms with van der Waals surface area (Å²) in [6, 6.07) is 14.3. The van der Waals surface area contributed by atoms with Crippen LogP contribution in [0.2, 0.25) is 0 Å². The minimum absolute atomic E-state index is 0.375. The van der Waals surface area contributed by atoms with Crippen molar-refractivity contribution in [3.63, 3.8) is 0 Å². The van der Waals surface area contributed by atoms with Gasteiger partial charge in [0.1, 0.15) is 12.4 Å². The highest BCUT2D eigenvalue weighted by molar-refractivity contribution is 5.46. The van der Waals surface area contributed by atoms with Gasteiger partial charge >= 0.3 is 6.18 Å². The summed E-state index contributed by atoms with van der Waals surface area (Å²) in [6.07, 6.45) is -4.32. The summed E-state index contributed by atoms with van der Waals surface area (Å²) in [7, 11) is 0. The topological polar surface area (TPSA) is 21.3 Å². The van der Waals surface area contributed by atoms with E-state index < -0.39 is 11.7 Å². The third-order valence-corrected chi connectivity index (χ3v) is 2.63. The van der Waals surface area contributed by atoms with Crippen LogP contribution >= 0.6 is 0 Å². The molecular formula is C15H14F3NO. The summed E-state index contributed by atoms with van der Waals surface area (Å²) in [5.41, 5.74) is -0.233. The van der Waals surface area contributed by atoms with E-state index in [0.717, 1.165) is 17.9 Å². The fourth-order valence-corrected chi connectivity index (χ4v) is 1.69. The van der Waals surface area contributed by atoms with Crippen molar-refractivity contribution in [2.24, 2.45) is 0 Å². The molecule has 0 aromatic heterocycles. The molecule has 0 aliphatic rings. The second kappa shape index (κ2) is 6.32. The van der Waals surface area contributed by atoms with E-state index in [1.165, 1.54) is 6.07 Å². The molecule has 2 nitrogen and oxygen atoms in total. The Morgan fingerprint density at radius 3 is 2.40 bits per heavy atom. The lowest BCUT2D eigenvalue weighted by molar-refractivity contribution is -0.137. The maximum atomic E-state index is 12.5. The van der Waals surface area contributed by atoms with E-state index in [-0.39, 0.29) is 0 Å². The maximum Gasteiger partial charge on any atom is 0.416 e. The van der Waals surface area contributed by atoms with Crippen molar-refractivity contribution in [1.82, 2.24) is 0 Å². The molecule has 2 rings (SSSR count). The van der Waals surface area contributed by atoms with Gasteiger partial charge in [0.2, 0.25) is 0 Å². The quantitative estimate of drug-likeness (QED) is 0.829. The molecule has 0 aliphatic carbocycles. The van der Waals surface area contributed by atoms with Crippen molar-refractivity contribution in [2.75, 3.05) is 18.5 Å². The van der Waals surface area contributed by atoms with Crippen molar-refractivity contribution in [3.8, 4) is 5.75 Å². The molecule has 1 N–H and O–H groups in total. The highest BCUT2D eigenvalue weighted by atomic mass is 19.4. The SMILES string of the molecule is FC(F)(F)c1cccc(NCCOc2ccccc2)c1. The lowest BCUT2D eigenvalue weighted by Crippen LogP contribution is -2.12. The van der Waals surface area contributed by atoms with Crippen LogP contribution in [0.25, 0.3) is 0 Å². The van der Waals surface area contributed by atoms with Crippen LogP contribution in [-0.2, 0) is 6.18 Å². The number of benzene rings is 2. The highest BCUT2D eigenvalue weighted by Crippen LogP contribution is 2.30. The number of anilines is 1. The van der Waals surface area contributed by atoms with Gasteiger partial charge in [0.25, 0.3) is 0 Å². The Balaban J connectivity index is 1.83. The first-order valence-corrected chi connectivity index (χ1v) is 6.15. The van der Waals surface area contributed by atoms with Gasteiger partial charge in [-0.15, -0.1) is 0 Å². The molecule has 0 amide bonds. The first-order valence-electron chi connectivity index (χ1n) is 6.15. The van der Waals surface area contributed by atoms with Crippen molar-refractivity contribution in [3.05, 3.63) is 60.2 Å². The molecule has 0 heterocycles. The highest BCUT2D eigenvalue weighted by Gasteiger charge is 2.30. The molecule has 0 radical (unpaired) electrons. The van der Waals surface area contributed by atoms with Crippen LogP contribution < -0.4 is 10.1 Å². The predicted molar refractivity (Wildman–Crippen MR) is 71.9 cm³/mol. The third kappa shape index (κ3) is 4.19. The smallest absolute Gasteiger partial charge is 0.416 e. The number of halogens is 3. The van der Waals surface area contributed by atoms with Crippen LogP contribution in [0.4, 0.5) is 18.9 Å². The molecule has 0 spiro atoms. The normalized spacial score (nSPS) is 11.2. The maximum absolute atomic E-state index is 12.5. The Labute approximate surface area is 115 Å². The molecule has 0 bridgehead atoms. The van der Waals surface area contributed by atoms with Crippen LogP contribution in [-0.4, -0.2) is 13.2 Å². The van der Waals surface area contributed by atoms with Crippen LogP contribution in [0, 0.1) is 0 Å². The predicted octanol–water partition coefficient (Wildman–Crippen LogP) is 4.20. The Morgan fingerprint density at radius 2 is 1.70 bits per heavy atom. The Morgan fingerprint density at radius 1 is 0.950 bits per heavy atom. The second-order valence-corrected chi connectivity index (χ2v) is 4.17. The molecular weight excluding hydrogens is 267 g/mol. The molecule has 2 aromatic rings. The van der Waals surface area contributed by atoms with E-state index in [1.807, 2.05) is 30.3 Å². The molecule has 0 aliphatic heterocycles. The average Bonchev–Trinajstić information content (AvgIpc) is 2.44. The zero-order valence-corrected chi connectivity index (χ0v) is 10.7. The van der Waals surface area contributed by atoms with Crippen molar-refractivity contribution >= 4 is 5.69 Å². The Kier molecular flexibility index (Phi) is 4.50. The fourth-order valence-electron chi connectivity index (χ4n) is 1.69. The van der Waals surface area contributed by atoms with Gasteiger partial charge in [-0.1, -0.05) is 24.3 Å². The van der Waals surface area contributed by atoms with Gasteiger partial charge in [0.15, 0.2) is 0 Å². The van der Waals surface area contributed by atoms with Crippen LogP contribution in [0.15, 0.2) is 54.6 Å². The first-order chi connectivity index (χ1) is 9.55. The van der Waals surface area contributed by atoms with E-state index in [2.05, 4.69) is 5.32 Å². The van der Waals surface area contributed by atoms with E-state index >= 15 is 0 Å². The average molecular weight is 281 g/mol. The molecule has 0 saturated heterocycles. The van der Waals surface area contributed by atoms with Gasteiger partial charge in [-0.2, -0.15) is 13.2 Å². The standard InChI is InChI=1S/C15H14F3NO/c16-15(17,18)12-5-4-6-13(11-12)19-9-10-20-14-7-2-1-3-8-14/h1-8,11,19H,9-10H2. The van der Waals surface area contributed by atoms with Crippen molar-refractivity contribution in [2.45, 2.75) is 6.18 Å². The summed E-state index contributed by atoms with van der Waals surface area (Å²) in [5, 5.41) is 2.90. The Bertz CT molecular complexity index is 540. The molecule has 5 heteroatoms. The van der Waals surface area contributed by atoms with Crippen LogP contribution in [0.5, 0.6) is 5.75 Å². The molecule has 0 saturated carbocycles. The van der Waals surface area contributed by atoms with Crippen LogP contribution in [0.1, 0.15) is 5.56 Å². The summed E-state index contributed by atoms with van der Waals surface area (Å²) >= 11 is 0. The number of para-hydroxylation sites is 1. The van der Waals surface area contributed by atoms with E-state index in [9.17, 15) is 13.2 Å². The molecule has 2 aromatic carbocycles. The summed E-state index contributed by atoms with van der Waals surface area (Å²) in [6.45, 7) is 0.802. The van der Waals surface area contributed by atoms with E-state index in [1.54, 1.807) is 6.07 Å². The van der Waals surface area contributed by atoms with Gasteiger partial charge in [-0.3, -0.25) is 0 Å². The van der Waals surface area contributed by atoms with Gasteiger partial charge in [-0.05, 0) is 30.3 Å². The van der Waals surface area contributed by atoms with Gasteiger partial charge in [0.05, 0.1) is 5.56 Å². The first kappa shape index (κ1) is 14.2. The third-order valence-electron chi connectivity index (χ3n) is 2.63. The molecule has 0 atom stereocenters. The second-order valence-electron chi connectivity index (χ2n) is 4.17. The monoisotopic (exact) mass is 281 g/mol. The summed E-state index contributed by atoms with van der Waals surface area (Å²) in [5.74, 6) is 0.735. The van der Waals surface area contributed by atoms with Gasteiger partial charge < -0.3 is 10.1 Å². The minimum atomic E-state index is -4.32. The van der Waals surface area contributed by atoms with Crippen molar-refractivity contribution < 1.29 is 17.9 Å². The molecule has 0 unspecified atom stereocenters. The fraction of sp³-hybridized carbons (Fsp3) is 0.200. The lowest BCUT2D eigenvalue weighted by Gasteiger charge is -2.11. The number of hydrogen-bond donors (Lipinski definition) is 1. The largest absolute Gasteiger partial charge is 0.492 e. The van der Waals surface area contributed by atoms with Crippen LogP contribution in [0.3, 0.4) is 0 Å². The minimum Gasteiger partial charge on any atom is -0.492 e. The van der Waals surface area contributed by atoms with Gasteiger partial charge in [0, 0.05) is 12.2 Å². The number of nitrogens with one attached hydrogen (secondary N) is 1. The zero-order valence-electron chi connectivity index (χ0n) is 10.7. The van der Waals surface area contributed by atoms with Gasteiger partial charge in [-0.25, -0.2) is 0 Å². The van der Waals surface area contributed by atoms with E-state index in [4.69, 9.17) is 4.74 Å². The zero-order chi connectivity index (χ0) is 14.4. The molecule has 20 heavy (non-hydrogen) atoms. The lowest BCUT2D eigenvalue weighted by atomic mass is 10.2. The van der Waals surface area contributed by atoms with E-state index in [0.29, 0.717) is 18.8 Å². The number of hydrogen-bond acceptors (Lipinski definition) is 2. The van der Waals surface area contributed by atoms with Crippen molar-refractivity contribution in [1.29, 1.82) is 0 Å². The summed E-state index contributed by atoms with van der Waals surface area (Å²) in [4.78, 5) is 0. The molecule has 0 fully saturated rings. The number of rotatable bonds is 5. The molecule has 106 valence electrons. The number of ether oxygens (including phenoxy) is 1. The number of alkyl halides is 3. The Hall–Kier alpha value is -2.17. The summed E-state index contributed by atoms with van der Waals surface area (Å²) < 4.78 is 43.0.